The van der Waals surface area contributed by atoms with Crippen molar-refractivity contribution in [3.8, 4) is 5.75 Å². The molecule has 0 aliphatic rings. The van der Waals surface area contributed by atoms with E-state index in [1.807, 2.05) is 6.07 Å². The summed E-state index contributed by atoms with van der Waals surface area (Å²) in [5.74, 6) is -1.75. The number of hydrogen-bond acceptors (Lipinski definition) is 3. The fraction of sp³-hybridized carbons (Fsp3) is 0.0667. The molecular weight excluding hydrogens is 244 g/mol. The predicted molar refractivity (Wildman–Crippen MR) is 71.4 cm³/mol. The van der Waals surface area contributed by atoms with Gasteiger partial charge in [0, 0.05) is 5.57 Å². The van der Waals surface area contributed by atoms with Gasteiger partial charge in [0.25, 0.3) is 0 Å². The first-order chi connectivity index (χ1) is 9.00. The van der Waals surface area contributed by atoms with Gasteiger partial charge in [-0.05, 0) is 23.8 Å². The molecule has 1 N–H and O–H groups in total. The van der Waals surface area contributed by atoms with Crippen LogP contribution in [0.1, 0.15) is 17.3 Å². The van der Waals surface area contributed by atoms with Gasteiger partial charge in [-0.25, -0.2) is 9.59 Å². The van der Waals surface area contributed by atoms with Crippen LogP contribution in [-0.2, 0) is 4.79 Å². The number of esters is 1. The molecular formula is C15H12O4. The fourth-order valence-electron chi connectivity index (χ4n) is 1.74. The third-order valence-corrected chi connectivity index (χ3v) is 2.66. The standard InChI is InChI=1S/C15H12O4/c1-9(2)15(18)19-12-8-7-10-5-3-4-6-11(10)13(12)14(16)17/h3-8H,1H2,2H3,(H,16,17). The molecule has 19 heavy (non-hydrogen) atoms. The van der Waals surface area contributed by atoms with Crippen molar-refractivity contribution in [2.24, 2.45) is 0 Å². The van der Waals surface area contributed by atoms with Crippen LogP contribution in [0.3, 0.4) is 0 Å². The quantitative estimate of drug-likeness (QED) is 0.521. The Hall–Kier alpha value is -2.62. The molecule has 0 unspecified atom stereocenters. The Kier molecular flexibility index (Phi) is 3.33. The maximum atomic E-state index is 11.5. The largest absolute Gasteiger partial charge is 0.478 e. The molecule has 0 bridgehead atoms. The van der Waals surface area contributed by atoms with Gasteiger partial charge in [0.05, 0.1) is 0 Å². The van der Waals surface area contributed by atoms with Gasteiger partial charge >= 0.3 is 11.9 Å². The summed E-state index contributed by atoms with van der Waals surface area (Å²) in [6.45, 7) is 4.97. The van der Waals surface area contributed by atoms with E-state index in [0.29, 0.717) is 5.39 Å². The molecule has 4 heteroatoms. The van der Waals surface area contributed by atoms with E-state index in [2.05, 4.69) is 6.58 Å². The van der Waals surface area contributed by atoms with Crippen LogP contribution in [0.2, 0.25) is 0 Å². The number of hydrogen-bond donors (Lipinski definition) is 1. The van der Waals surface area contributed by atoms with E-state index >= 15 is 0 Å². The molecule has 0 amide bonds. The van der Waals surface area contributed by atoms with Crippen LogP contribution in [0, 0.1) is 0 Å². The minimum Gasteiger partial charge on any atom is -0.478 e. The zero-order chi connectivity index (χ0) is 14.0. The molecule has 2 aromatic rings. The van der Waals surface area contributed by atoms with Gasteiger partial charge in [0.2, 0.25) is 0 Å². The first kappa shape index (κ1) is 12.8. The fourth-order valence-corrected chi connectivity index (χ4v) is 1.74. The van der Waals surface area contributed by atoms with Gasteiger partial charge in [-0.1, -0.05) is 36.9 Å². The van der Waals surface area contributed by atoms with Crippen LogP contribution >= 0.6 is 0 Å². The van der Waals surface area contributed by atoms with Crippen molar-refractivity contribution >= 4 is 22.7 Å². The normalized spacial score (nSPS) is 10.2. The van der Waals surface area contributed by atoms with E-state index in [0.717, 1.165) is 5.39 Å². The lowest BCUT2D eigenvalue weighted by atomic mass is 10.0. The summed E-state index contributed by atoms with van der Waals surface area (Å²) in [5, 5.41) is 10.6. The smallest absolute Gasteiger partial charge is 0.340 e. The molecule has 0 spiro atoms. The van der Waals surface area contributed by atoms with E-state index in [1.165, 1.54) is 13.0 Å². The molecule has 96 valence electrons. The molecule has 4 nitrogen and oxygen atoms in total. The van der Waals surface area contributed by atoms with Gasteiger partial charge in [-0.2, -0.15) is 0 Å². The van der Waals surface area contributed by atoms with Gasteiger partial charge < -0.3 is 9.84 Å². The highest BCUT2D eigenvalue weighted by molar-refractivity contribution is 6.07. The van der Waals surface area contributed by atoms with Gasteiger partial charge in [-0.3, -0.25) is 0 Å². The Bertz CT molecular complexity index is 686. The van der Waals surface area contributed by atoms with Crippen LogP contribution in [0.25, 0.3) is 10.8 Å². The summed E-state index contributed by atoms with van der Waals surface area (Å²) in [4.78, 5) is 22.9. The van der Waals surface area contributed by atoms with Gasteiger partial charge in [0.1, 0.15) is 11.3 Å². The topological polar surface area (TPSA) is 63.6 Å². The molecule has 0 radical (unpaired) electrons. The Labute approximate surface area is 109 Å². The average molecular weight is 256 g/mol. The van der Waals surface area contributed by atoms with Crippen LogP contribution in [-0.4, -0.2) is 17.0 Å². The first-order valence-electron chi connectivity index (χ1n) is 5.63. The number of ether oxygens (including phenoxy) is 1. The minimum atomic E-state index is -1.14. The Balaban J connectivity index is 2.61. The second-order valence-corrected chi connectivity index (χ2v) is 4.13. The number of rotatable bonds is 3. The van der Waals surface area contributed by atoms with Gasteiger partial charge in [-0.15, -0.1) is 0 Å². The Morgan fingerprint density at radius 2 is 1.84 bits per heavy atom. The average Bonchev–Trinajstić information content (AvgIpc) is 2.37. The zero-order valence-corrected chi connectivity index (χ0v) is 10.3. The number of fused-ring (bicyclic) bond motifs is 1. The number of carboxylic acid groups (broad SMARTS) is 1. The number of carboxylic acids is 1. The lowest BCUT2D eigenvalue weighted by Crippen LogP contribution is -2.11. The Morgan fingerprint density at radius 1 is 1.16 bits per heavy atom. The molecule has 0 aromatic heterocycles. The van der Waals surface area contributed by atoms with E-state index in [4.69, 9.17) is 4.74 Å². The minimum absolute atomic E-state index is 0.0206. The van der Waals surface area contributed by atoms with Crippen molar-refractivity contribution in [1.82, 2.24) is 0 Å². The maximum Gasteiger partial charge on any atom is 0.340 e. The van der Waals surface area contributed by atoms with E-state index in [1.54, 1.807) is 24.3 Å². The van der Waals surface area contributed by atoms with Crippen LogP contribution < -0.4 is 4.74 Å². The van der Waals surface area contributed by atoms with Crippen LogP contribution in [0.5, 0.6) is 5.75 Å². The van der Waals surface area contributed by atoms with E-state index in [9.17, 15) is 14.7 Å². The lowest BCUT2D eigenvalue weighted by molar-refractivity contribution is -0.130. The third kappa shape index (κ3) is 2.47. The van der Waals surface area contributed by atoms with Crippen LogP contribution in [0.4, 0.5) is 0 Å². The monoisotopic (exact) mass is 256 g/mol. The zero-order valence-electron chi connectivity index (χ0n) is 10.3. The maximum absolute atomic E-state index is 11.5. The van der Waals surface area contributed by atoms with E-state index in [-0.39, 0.29) is 16.9 Å². The van der Waals surface area contributed by atoms with Crippen molar-refractivity contribution in [3.63, 3.8) is 0 Å². The molecule has 0 saturated heterocycles. The van der Waals surface area contributed by atoms with Gasteiger partial charge in [0.15, 0.2) is 0 Å². The third-order valence-electron chi connectivity index (χ3n) is 2.66. The summed E-state index contributed by atoms with van der Waals surface area (Å²) in [7, 11) is 0. The molecule has 0 aliphatic heterocycles. The van der Waals surface area contributed by atoms with Crippen molar-refractivity contribution < 1.29 is 19.4 Å². The molecule has 0 saturated carbocycles. The Morgan fingerprint density at radius 3 is 2.47 bits per heavy atom. The number of carbonyl (C=O) groups is 2. The highest BCUT2D eigenvalue weighted by Crippen LogP contribution is 2.28. The van der Waals surface area contributed by atoms with Crippen molar-refractivity contribution in [2.75, 3.05) is 0 Å². The summed E-state index contributed by atoms with van der Waals surface area (Å²) < 4.78 is 5.06. The summed E-state index contributed by atoms with van der Waals surface area (Å²) in [5.41, 5.74) is 0.192. The summed E-state index contributed by atoms with van der Waals surface area (Å²) >= 11 is 0. The molecule has 2 rings (SSSR count). The number of carbonyl (C=O) groups excluding carboxylic acids is 1. The van der Waals surface area contributed by atoms with Crippen molar-refractivity contribution in [1.29, 1.82) is 0 Å². The molecule has 0 fully saturated rings. The molecule has 2 aromatic carbocycles. The molecule has 0 atom stereocenters. The predicted octanol–water partition coefficient (Wildman–Crippen LogP) is 3.02. The lowest BCUT2D eigenvalue weighted by Gasteiger charge is -2.10. The van der Waals surface area contributed by atoms with Crippen molar-refractivity contribution in [2.45, 2.75) is 6.92 Å². The summed E-state index contributed by atoms with van der Waals surface area (Å²) in [6, 6.07) is 10.2. The second-order valence-electron chi connectivity index (χ2n) is 4.13. The number of aromatic carboxylic acids is 1. The highest BCUT2D eigenvalue weighted by Gasteiger charge is 2.18. The van der Waals surface area contributed by atoms with Crippen LogP contribution in [0.15, 0.2) is 48.6 Å². The number of benzene rings is 2. The second kappa shape index (κ2) is 4.94. The first-order valence-corrected chi connectivity index (χ1v) is 5.63. The van der Waals surface area contributed by atoms with Crippen molar-refractivity contribution in [3.05, 3.63) is 54.1 Å². The van der Waals surface area contributed by atoms with E-state index < -0.39 is 11.9 Å². The molecule has 0 aliphatic carbocycles. The highest BCUT2D eigenvalue weighted by atomic mass is 16.5. The summed E-state index contributed by atoms with van der Waals surface area (Å²) in [6.07, 6.45) is 0. The molecule has 0 heterocycles. The SMILES string of the molecule is C=C(C)C(=O)Oc1ccc2ccccc2c1C(=O)O.